The fraction of sp³-hybridized carbons (Fsp3) is 0.895. The maximum atomic E-state index is 10.1. The molecule has 4 rings (SSSR count). The van der Waals surface area contributed by atoms with Gasteiger partial charge >= 0.3 is 0 Å². The highest BCUT2D eigenvalue weighted by molar-refractivity contribution is 5.32. The molecule has 1 nitrogen and oxygen atoms in total. The largest absolute Gasteiger partial charge is 0.393 e. The molecule has 0 spiro atoms. The third-order valence-corrected chi connectivity index (χ3v) is 7.59. The average molecular weight is 274 g/mol. The van der Waals surface area contributed by atoms with E-state index in [-0.39, 0.29) is 6.10 Å². The zero-order chi connectivity index (χ0) is 14.0. The molecular weight excluding hydrogens is 244 g/mol. The Morgan fingerprint density at radius 1 is 1.00 bits per heavy atom. The summed E-state index contributed by atoms with van der Waals surface area (Å²) in [5.41, 5.74) is 4.80. The summed E-state index contributed by atoms with van der Waals surface area (Å²) in [7, 11) is 0. The second-order valence-corrected chi connectivity index (χ2v) is 8.76. The van der Waals surface area contributed by atoms with Crippen LogP contribution >= 0.6 is 0 Å². The number of fused-ring (bicyclic) bond motifs is 4. The molecule has 0 radical (unpaired) electrons. The Hall–Kier alpha value is -0.300. The number of aliphatic hydroxyl groups is 1. The third-order valence-electron chi connectivity index (χ3n) is 7.59. The van der Waals surface area contributed by atoms with Crippen molar-refractivity contribution in [2.75, 3.05) is 0 Å². The predicted molar refractivity (Wildman–Crippen MR) is 82.4 cm³/mol. The van der Waals surface area contributed by atoms with Gasteiger partial charge in [-0.15, -0.1) is 0 Å². The average Bonchev–Trinajstić information content (AvgIpc) is 2.79. The van der Waals surface area contributed by atoms with Gasteiger partial charge in [0, 0.05) is 0 Å². The highest BCUT2D eigenvalue weighted by Gasteiger charge is 2.51. The normalized spacial score (nSPS) is 51.5. The van der Waals surface area contributed by atoms with Gasteiger partial charge in [0.15, 0.2) is 0 Å². The van der Waals surface area contributed by atoms with Gasteiger partial charge in [-0.25, -0.2) is 0 Å². The summed E-state index contributed by atoms with van der Waals surface area (Å²) in [5, 5.41) is 10.1. The van der Waals surface area contributed by atoms with Crippen molar-refractivity contribution >= 4 is 0 Å². The summed E-state index contributed by atoms with van der Waals surface area (Å²) in [6.07, 6.45) is 13.2. The zero-order valence-corrected chi connectivity index (χ0v) is 13.3. The van der Waals surface area contributed by atoms with Gasteiger partial charge < -0.3 is 5.11 Å². The van der Waals surface area contributed by atoms with Gasteiger partial charge in [0.1, 0.15) is 0 Å². The van der Waals surface area contributed by atoms with Gasteiger partial charge in [-0.05, 0) is 86.9 Å². The fourth-order valence-electron chi connectivity index (χ4n) is 6.49. The summed E-state index contributed by atoms with van der Waals surface area (Å²) in [5.74, 6) is 1.75. The lowest BCUT2D eigenvalue weighted by molar-refractivity contribution is -0.0321. The molecule has 3 saturated carbocycles. The molecule has 5 atom stereocenters. The number of rotatable bonds is 0. The molecule has 3 fully saturated rings. The summed E-state index contributed by atoms with van der Waals surface area (Å²) < 4.78 is 0. The summed E-state index contributed by atoms with van der Waals surface area (Å²) in [6.45, 7) is 5.01. The number of hydrogen-bond donors (Lipinski definition) is 1. The van der Waals surface area contributed by atoms with Crippen molar-refractivity contribution in [3.8, 4) is 0 Å². The fourth-order valence-corrected chi connectivity index (χ4v) is 6.49. The van der Waals surface area contributed by atoms with Crippen LogP contribution in [0, 0.1) is 22.7 Å². The minimum Gasteiger partial charge on any atom is -0.393 e. The highest BCUT2D eigenvalue weighted by atomic mass is 16.3. The van der Waals surface area contributed by atoms with Gasteiger partial charge in [-0.2, -0.15) is 0 Å². The number of allylic oxidation sites excluding steroid dienone is 2. The minimum atomic E-state index is -0.0224. The van der Waals surface area contributed by atoms with Crippen molar-refractivity contribution < 1.29 is 5.11 Å². The second kappa shape index (κ2) is 4.35. The van der Waals surface area contributed by atoms with Crippen LogP contribution in [0.15, 0.2) is 11.1 Å². The Bertz CT molecular complexity index is 451. The molecule has 0 heterocycles. The highest BCUT2D eigenvalue weighted by Crippen LogP contribution is 2.62. The van der Waals surface area contributed by atoms with Crippen molar-refractivity contribution in [1.29, 1.82) is 0 Å². The molecule has 0 aromatic heterocycles. The molecule has 4 aliphatic rings. The van der Waals surface area contributed by atoms with E-state index in [1.165, 1.54) is 51.4 Å². The van der Waals surface area contributed by atoms with Crippen molar-refractivity contribution in [3.05, 3.63) is 11.1 Å². The molecule has 1 N–H and O–H groups in total. The van der Waals surface area contributed by atoms with Crippen LogP contribution in [-0.4, -0.2) is 11.2 Å². The molecule has 112 valence electrons. The van der Waals surface area contributed by atoms with Crippen molar-refractivity contribution in [1.82, 2.24) is 0 Å². The molecule has 20 heavy (non-hydrogen) atoms. The van der Waals surface area contributed by atoms with Crippen LogP contribution in [0.25, 0.3) is 0 Å². The first-order chi connectivity index (χ1) is 9.52. The first-order valence-electron chi connectivity index (χ1n) is 8.92. The van der Waals surface area contributed by atoms with Crippen LogP contribution < -0.4 is 0 Å². The van der Waals surface area contributed by atoms with Crippen LogP contribution in [0.2, 0.25) is 0 Å². The van der Waals surface area contributed by atoms with Crippen LogP contribution in [0.4, 0.5) is 0 Å². The first kappa shape index (κ1) is 13.4. The summed E-state index contributed by atoms with van der Waals surface area (Å²) in [6, 6.07) is 0. The third kappa shape index (κ3) is 1.78. The van der Waals surface area contributed by atoms with E-state index < -0.39 is 0 Å². The summed E-state index contributed by atoms with van der Waals surface area (Å²) in [4.78, 5) is 0. The molecule has 0 aliphatic heterocycles. The van der Waals surface area contributed by atoms with E-state index in [9.17, 15) is 5.11 Å². The number of aliphatic hydroxyl groups excluding tert-OH is 1. The smallest absolute Gasteiger partial charge is 0.0545 e. The van der Waals surface area contributed by atoms with E-state index in [2.05, 4.69) is 13.8 Å². The molecule has 0 bridgehead atoms. The molecule has 1 heteroatoms. The molecular formula is C19H30O. The first-order valence-corrected chi connectivity index (χ1v) is 8.92. The molecule has 0 aromatic rings. The van der Waals surface area contributed by atoms with Crippen molar-refractivity contribution in [2.24, 2.45) is 22.7 Å². The van der Waals surface area contributed by atoms with E-state index >= 15 is 0 Å². The molecule has 0 amide bonds. The van der Waals surface area contributed by atoms with Gasteiger partial charge in [0.2, 0.25) is 0 Å². The van der Waals surface area contributed by atoms with Crippen molar-refractivity contribution in [3.63, 3.8) is 0 Å². The van der Waals surface area contributed by atoms with E-state index in [4.69, 9.17) is 0 Å². The van der Waals surface area contributed by atoms with Crippen LogP contribution in [0.5, 0.6) is 0 Å². The Morgan fingerprint density at radius 2 is 1.85 bits per heavy atom. The lowest BCUT2D eigenvalue weighted by Gasteiger charge is -2.54. The lowest BCUT2D eigenvalue weighted by atomic mass is 9.51. The van der Waals surface area contributed by atoms with Crippen LogP contribution in [-0.2, 0) is 0 Å². The van der Waals surface area contributed by atoms with Gasteiger partial charge in [0.05, 0.1) is 6.10 Å². The summed E-state index contributed by atoms with van der Waals surface area (Å²) >= 11 is 0. The van der Waals surface area contributed by atoms with Crippen LogP contribution in [0.1, 0.15) is 78.1 Å². The van der Waals surface area contributed by atoms with Gasteiger partial charge in [-0.1, -0.05) is 25.0 Å². The van der Waals surface area contributed by atoms with Gasteiger partial charge in [-0.3, -0.25) is 0 Å². The molecule has 0 saturated heterocycles. The Balaban J connectivity index is 1.70. The second-order valence-electron chi connectivity index (χ2n) is 8.76. The molecule has 0 aromatic carbocycles. The Labute approximate surface area is 123 Å². The Morgan fingerprint density at radius 3 is 2.70 bits per heavy atom. The van der Waals surface area contributed by atoms with Crippen molar-refractivity contribution in [2.45, 2.75) is 84.2 Å². The quantitative estimate of drug-likeness (QED) is 0.626. The predicted octanol–water partition coefficient (Wildman–Crippen LogP) is 4.84. The number of hydrogen-bond acceptors (Lipinski definition) is 1. The van der Waals surface area contributed by atoms with Gasteiger partial charge in [0.25, 0.3) is 0 Å². The molecule has 4 aliphatic carbocycles. The molecule has 5 unspecified atom stereocenters. The lowest BCUT2D eigenvalue weighted by Crippen LogP contribution is -2.46. The monoisotopic (exact) mass is 274 g/mol. The maximum Gasteiger partial charge on any atom is 0.0545 e. The standard InChI is InChI=1S/C19H30O/c1-18-9-3-4-16(18)14-8-11-19(2)12-13(20)5-6-17(19)15(14)7-10-18/h13,15,17,20H,3-12H2,1-2H3. The Kier molecular flexibility index (Phi) is 2.91. The SMILES string of the molecule is CC12CCCC1=C1CCC3(C)CC(O)CCC3C1CC2. The van der Waals surface area contributed by atoms with E-state index in [1.807, 2.05) is 11.1 Å². The topological polar surface area (TPSA) is 20.2 Å². The zero-order valence-electron chi connectivity index (χ0n) is 13.3. The van der Waals surface area contributed by atoms with E-state index in [1.54, 1.807) is 0 Å². The maximum absolute atomic E-state index is 10.1. The van der Waals surface area contributed by atoms with E-state index in [0.29, 0.717) is 10.8 Å². The van der Waals surface area contributed by atoms with E-state index in [0.717, 1.165) is 24.7 Å². The minimum absolute atomic E-state index is 0.0224. The van der Waals surface area contributed by atoms with Crippen LogP contribution in [0.3, 0.4) is 0 Å².